The maximum Gasteiger partial charge on any atom is 0.260 e. The number of methoxy groups -OCH3 is 1. The molecular formula is C25H32N2O4. The quantitative estimate of drug-likeness (QED) is 0.549. The lowest BCUT2D eigenvalue weighted by Crippen LogP contribution is -2.42. The summed E-state index contributed by atoms with van der Waals surface area (Å²) in [6.07, 6.45) is 2.26. The molecule has 166 valence electrons. The summed E-state index contributed by atoms with van der Waals surface area (Å²) in [5.74, 6) is 1.10. The SMILES string of the molecule is COc1ccccc1OCC(=O)N(CCC(=O)N(Cc1ccccc1)C(C)C)C1CC1. The average Bonchev–Trinajstić information content (AvgIpc) is 3.62. The van der Waals surface area contributed by atoms with Crippen molar-refractivity contribution in [2.45, 2.75) is 51.7 Å². The summed E-state index contributed by atoms with van der Waals surface area (Å²) >= 11 is 0. The van der Waals surface area contributed by atoms with E-state index in [-0.39, 0.29) is 30.5 Å². The van der Waals surface area contributed by atoms with Crippen molar-refractivity contribution < 1.29 is 19.1 Å². The van der Waals surface area contributed by atoms with Gasteiger partial charge in [0, 0.05) is 31.6 Å². The lowest BCUT2D eigenvalue weighted by molar-refractivity contribution is -0.137. The summed E-state index contributed by atoms with van der Waals surface area (Å²) < 4.78 is 11.0. The monoisotopic (exact) mass is 424 g/mol. The molecule has 0 unspecified atom stereocenters. The molecule has 2 amide bonds. The third-order valence-corrected chi connectivity index (χ3v) is 5.43. The van der Waals surface area contributed by atoms with Crippen LogP contribution in [-0.4, -0.2) is 54.0 Å². The first-order chi connectivity index (χ1) is 15.0. The molecule has 2 aromatic carbocycles. The van der Waals surface area contributed by atoms with Gasteiger partial charge in [-0.1, -0.05) is 42.5 Å². The predicted molar refractivity (Wildman–Crippen MR) is 120 cm³/mol. The summed E-state index contributed by atoms with van der Waals surface area (Å²) in [6, 6.07) is 17.5. The van der Waals surface area contributed by atoms with Gasteiger partial charge in [-0.3, -0.25) is 9.59 Å². The van der Waals surface area contributed by atoms with Crippen LogP contribution in [0.1, 0.15) is 38.7 Å². The summed E-state index contributed by atoms with van der Waals surface area (Å²) in [5, 5.41) is 0. The van der Waals surface area contributed by atoms with E-state index in [1.54, 1.807) is 24.1 Å². The van der Waals surface area contributed by atoms with Crippen molar-refractivity contribution in [3.05, 3.63) is 60.2 Å². The predicted octanol–water partition coefficient (Wildman–Crippen LogP) is 3.89. The molecule has 0 spiro atoms. The van der Waals surface area contributed by atoms with Gasteiger partial charge in [0.05, 0.1) is 7.11 Å². The number of carbonyl (C=O) groups is 2. The molecule has 1 saturated carbocycles. The second-order valence-corrected chi connectivity index (χ2v) is 8.11. The second-order valence-electron chi connectivity index (χ2n) is 8.11. The van der Waals surface area contributed by atoms with E-state index in [0.29, 0.717) is 31.0 Å². The Balaban J connectivity index is 1.56. The molecule has 6 nitrogen and oxygen atoms in total. The zero-order valence-corrected chi connectivity index (χ0v) is 18.6. The first-order valence-corrected chi connectivity index (χ1v) is 10.9. The topological polar surface area (TPSA) is 59.1 Å². The average molecular weight is 425 g/mol. The van der Waals surface area contributed by atoms with Gasteiger partial charge in [0.25, 0.3) is 5.91 Å². The molecule has 0 aliphatic heterocycles. The van der Waals surface area contributed by atoms with Gasteiger partial charge in [-0.2, -0.15) is 0 Å². The molecule has 0 atom stereocenters. The van der Waals surface area contributed by atoms with Crippen LogP contribution in [0.25, 0.3) is 0 Å². The van der Waals surface area contributed by atoms with Crippen molar-refractivity contribution in [2.75, 3.05) is 20.3 Å². The molecule has 1 aliphatic carbocycles. The fraction of sp³-hybridized carbons (Fsp3) is 0.440. The maximum absolute atomic E-state index is 13.0. The molecule has 6 heteroatoms. The lowest BCUT2D eigenvalue weighted by Gasteiger charge is -2.29. The minimum absolute atomic E-state index is 0.0583. The largest absolute Gasteiger partial charge is 0.493 e. The van der Waals surface area contributed by atoms with Crippen LogP contribution in [0.15, 0.2) is 54.6 Å². The number of carbonyl (C=O) groups excluding carboxylic acids is 2. The lowest BCUT2D eigenvalue weighted by atomic mass is 10.1. The fourth-order valence-electron chi connectivity index (χ4n) is 3.56. The van der Waals surface area contributed by atoms with E-state index >= 15 is 0 Å². The van der Waals surface area contributed by atoms with Gasteiger partial charge < -0.3 is 19.3 Å². The van der Waals surface area contributed by atoms with Crippen LogP contribution in [0.2, 0.25) is 0 Å². The minimum atomic E-state index is -0.0969. The molecule has 0 bridgehead atoms. The molecule has 0 heterocycles. The Bertz CT molecular complexity index is 865. The van der Waals surface area contributed by atoms with Crippen LogP contribution in [0.3, 0.4) is 0 Å². The first kappa shape index (κ1) is 22.7. The number of ether oxygens (including phenoxy) is 2. The van der Waals surface area contributed by atoms with Gasteiger partial charge in [0.1, 0.15) is 0 Å². The van der Waals surface area contributed by atoms with Crippen LogP contribution in [0.4, 0.5) is 0 Å². The van der Waals surface area contributed by atoms with Crippen molar-refractivity contribution in [1.82, 2.24) is 9.80 Å². The van der Waals surface area contributed by atoms with Gasteiger partial charge in [-0.05, 0) is 44.4 Å². The Morgan fingerprint density at radius 1 is 0.968 bits per heavy atom. The molecule has 0 N–H and O–H groups in total. The number of hydrogen-bond acceptors (Lipinski definition) is 4. The van der Waals surface area contributed by atoms with Crippen molar-refractivity contribution in [1.29, 1.82) is 0 Å². The molecule has 1 fully saturated rings. The van der Waals surface area contributed by atoms with Gasteiger partial charge >= 0.3 is 0 Å². The standard InChI is InChI=1S/C25H32N2O4/c1-19(2)27(17-20-9-5-4-6-10-20)24(28)15-16-26(21-13-14-21)25(29)18-31-23-12-8-7-11-22(23)30-3/h4-12,19,21H,13-18H2,1-3H3. The van der Waals surface area contributed by atoms with Crippen LogP contribution in [0.5, 0.6) is 11.5 Å². The minimum Gasteiger partial charge on any atom is -0.493 e. The van der Waals surface area contributed by atoms with E-state index in [0.717, 1.165) is 18.4 Å². The molecule has 0 aromatic heterocycles. The fourth-order valence-corrected chi connectivity index (χ4v) is 3.56. The normalized spacial score (nSPS) is 13.0. The van der Waals surface area contributed by atoms with Crippen LogP contribution in [0, 0.1) is 0 Å². The van der Waals surface area contributed by atoms with Gasteiger partial charge in [-0.25, -0.2) is 0 Å². The number of rotatable bonds is 11. The zero-order chi connectivity index (χ0) is 22.2. The second kappa shape index (κ2) is 10.8. The van der Waals surface area contributed by atoms with E-state index < -0.39 is 0 Å². The van der Waals surface area contributed by atoms with Crippen molar-refractivity contribution in [3.8, 4) is 11.5 Å². The molecule has 31 heavy (non-hydrogen) atoms. The van der Waals surface area contributed by atoms with Crippen LogP contribution in [-0.2, 0) is 16.1 Å². The van der Waals surface area contributed by atoms with Crippen molar-refractivity contribution in [3.63, 3.8) is 0 Å². The number of benzene rings is 2. The van der Waals surface area contributed by atoms with Crippen LogP contribution >= 0.6 is 0 Å². The number of amides is 2. The molecule has 3 rings (SSSR count). The Morgan fingerprint density at radius 2 is 1.61 bits per heavy atom. The van der Waals surface area contributed by atoms with E-state index in [4.69, 9.17) is 9.47 Å². The number of hydrogen-bond donors (Lipinski definition) is 0. The number of para-hydroxylation sites is 2. The Kier molecular flexibility index (Phi) is 7.93. The zero-order valence-electron chi connectivity index (χ0n) is 18.6. The molecule has 2 aromatic rings. The van der Waals surface area contributed by atoms with E-state index in [9.17, 15) is 9.59 Å². The van der Waals surface area contributed by atoms with E-state index in [1.165, 1.54) is 0 Å². The Hall–Kier alpha value is -3.02. The molecule has 1 aliphatic rings. The summed E-state index contributed by atoms with van der Waals surface area (Å²) in [4.78, 5) is 29.5. The molecule has 0 radical (unpaired) electrons. The number of nitrogens with zero attached hydrogens (tertiary/aromatic N) is 2. The highest BCUT2D eigenvalue weighted by atomic mass is 16.5. The van der Waals surface area contributed by atoms with E-state index in [2.05, 4.69) is 0 Å². The first-order valence-electron chi connectivity index (χ1n) is 10.9. The highest BCUT2D eigenvalue weighted by Gasteiger charge is 2.33. The van der Waals surface area contributed by atoms with E-state index in [1.807, 2.05) is 61.2 Å². The smallest absolute Gasteiger partial charge is 0.260 e. The summed E-state index contributed by atoms with van der Waals surface area (Å²) in [7, 11) is 1.57. The third kappa shape index (κ3) is 6.48. The van der Waals surface area contributed by atoms with Gasteiger partial charge in [-0.15, -0.1) is 0 Å². The maximum atomic E-state index is 13.0. The molecular weight excluding hydrogens is 392 g/mol. The Morgan fingerprint density at radius 3 is 2.23 bits per heavy atom. The van der Waals surface area contributed by atoms with Gasteiger partial charge in [0.15, 0.2) is 18.1 Å². The highest BCUT2D eigenvalue weighted by molar-refractivity contribution is 5.80. The highest BCUT2D eigenvalue weighted by Crippen LogP contribution is 2.29. The molecule has 0 saturated heterocycles. The summed E-state index contributed by atoms with van der Waals surface area (Å²) in [6.45, 7) is 4.96. The third-order valence-electron chi connectivity index (χ3n) is 5.43. The Labute approximate surface area is 184 Å². The van der Waals surface area contributed by atoms with Crippen molar-refractivity contribution >= 4 is 11.8 Å². The van der Waals surface area contributed by atoms with Gasteiger partial charge in [0.2, 0.25) is 5.91 Å². The van der Waals surface area contributed by atoms with Crippen molar-refractivity contribution in [2.24, 2.45) is 0 Å². The summed E-state index contributed by atoms with van der Waals surface area (Å²) in [5.41, 5.74) is 1.10. The van der Waals surface area contributed by atoms with Crippen LogP contribution < -0.4 is 9.47 Å².